The van der Waals surface area contributed by atoms with Gasteiger partial charge in [-0.1, -0.05) is 53.5 Å². The van der Waals surface area contributed by atoms with Crippen molar-refractivity contribution < 1.29 is 4.79 Å². The van der Waals surface area contributed by atoms with Gasteiger partial charge in [0.25, 0.3) is 5.91 Å². The minimum atomic E-state index is -0.189. The summed E-state index contributed by atoms with van der Waals surface area (Å²) in [5.41, 5.74) is 3.64. The summed E-state index contributed by atoms with van der Waals surface area (Å²) in [5.74, 6) is 0.690. The number of pyridine rings is 1. The van der Waals surface area contributed by atoms with Crippen LogP contribution in [-0.2, 0) is 13.1 Å². The first kappa shape index (κ1) is 29.0. The van der Waals surface area contributed by atoms with Crippen LogP contribution in [0.3, 0.4) is 0 Å². The molecule has 0 radical (unpaired) electrons. The van der Waals surface area contributed by atoms with E-state index in [0.717, 1.165) is 67.2 Å². The SMILES string of the molecule is N=Cc1ccc(CN2CCC(N3CCN(c4ncc(C(=O)NCc5ccc(Cl)c(Cl)c5)cc4Br)CC3)CC2)cc1. The first-order valence-corrected chi connectivity index (χ1v) is 15.1. The van der Waals surface area contributed by atoms with Crippen molar-refractivity contribution >= 4 is 57.1 Å². The molecule has 2 aliphatic heterocycles. The summed E-state index contributed by atoms with van der Waals surface area (Å²) in [7, 11) is 0. The Kier molecular flexibility index (Phi) is 9.76. The van der Waals surface area contributed by atoms with Gasteiger partial charge in [-0.05, 0) is 76.8 Å². The molecule has 0 unspecified atom stereocenters. The zero-order valence-electron chi connectivity index (χ0n) is 22.3. The Morgan fingerprint density at radius 2 is 1.68 bits per heavy atom. The van der Waals surface area contributed by atoms with Gasteiger partial charge in [0.2, 0.25) is 0 Å². The van der Waals surface area contributed by atoms with Crippen LogP contribution in [0.2, 0.25) is 10.0 Å². The molecule has 2 saturated heterocycles. The highest BCUT2D eigenvalue weighted by atomic mass is 79.9. The minimum Gasteiger partial charge on any atom is -0.353 e. The Balaban J connectivity index is 1.08. The number of aromatic nitrogens is 1. The Morgan fingerprint density at radius 1 is 0.975 bits per heavy atom. The van der Waals surface area contributed by atoms with Crippen LogP contribution in [0.25, 0.3) is 0 Å². The van der Waals surface area contributed by atoms with Gasteiger partial charge in [-0.25, -0.2) is 4.98 Å². The Labute approximate surface area is 254 Å². The molecule has 0 saturated carbocycles. The fourth-order valence-corrected chi connectivity index (χ4v) is 6.36. The molecule has 0 aliphatic carbocycles. The number of piperazine rings is 1. The minimum absolute atomic E-state index is 0.189. The van der Waals surface area contributed by atoms with E-state index in [1.807, 2.05) is 24.3 Å². The number of anilines is 1. The molecule has 3 heterocycles. The number of hydrogen-bond donors (Lipinski definition) is 2. The van der Waals surface area contributed by atoms with Gasteiger partial charge in [0, 0.05) is 57.7 Å². The number of hydrogen-bond acceptors (Lipinski definition) is 6. The van der Waals surface area contributed by atoms with E-state index in [0.29, 0.717) is 28.2 Å². The summed E-state index contributed by atoms with van der Waals surface area (Å²) < 4.78 is 0.824. The normalized spacial score (nSPS) is 17.1. The number of amides is 1. The highest BCUT2D eigenvalue weighted by Crippen LogP contribution is 2.28. The van der Waals surface area contributed by atoms with Gasteiger partial charge in [-0.3, -0.25) is 14.6 Å². The average molecular weight is 644 g/mol. The number of benzene rings is 2. The first-order valence-electron chi connectivity index (χ1n) is 13.6. The molecule has 2 aliphatic rings. The van der Waals surface area contributed by atoms with E-state index in [4.69, 9.17) is 28.6 Å². The van der Waals surface area contributed by atoms with E-state index >= 15 is 0 Å². The van der Waals surface area contributed by atoms with Crippen LogP contribution in [0.15, 0.2) is 59.2 Å². The van der Waals surface area contributed by atoms with E-state index in [-0.39, 0.29) is 5.91 Å². The standard InChI is InChI=1S/C30H33BrCl2N6O/c31-26-16-24(30(40)36-18-23-5-6-27(32)28(33)15-23)19-35-29(26)39-13-11-38(12-14-39)25-7-9-37(10-8-25)20-22-3-1-21(17-34)2-4-22/h1-6,15-17,19,25,34H,7-14,18,20H2,(H,36,40). The van der Waals surface area contributed by atoms with Crippen molar-refractivity contribution in [2.45, 2.75) is 32.0 Å². The summed E-state index contributed by atoms with van der Waals surface area (Å²) in [5, 5.41) is 11.2. The van der Waals surface area contributed by atoms with Crippen LogP contribution < -0.4 is 10.2 Å². The van der Waals surface area contributed by atoms with E-state index in [2.05, 4.69) is 53.1 Å². The molecule has 0 spiro atoms. The highest BCUT2D eigenvalue weighted by Gasteiger charge is 2.28. The van der Waals surface area contributed by atoms with Gasteiger partial charge in [0.05, 0.1) is 20.1 Å². The van der Waals surface area contributed by atoms with E-state index in [1.54, 1.807) is 18.3 Å². The molecular weight excluding hydrogens is 611 g/mol. The number of likely N-dealkylation sites (tertiary alicyclic amines) is 1. The third kappa shape index (κ3) is 7.22. The average Bonchev–Trinajstić information content (AvgIpc) is 2.98. The molecule has 10 heteroatoms. The molecule has 2 aromatic carbocycles. The zero-order chi connectivity index (χ0) is 28.1. The maximum Gasteiger partial charge on any atom is 0.253 e. The molecule has 0 atom stereocenters. The lowest BCUT2D eigenvalue weighted by molar-refractivity contribution is 0.0950. The predicted octanol–water partition coefficient (Wildman–Crippen LogP) is 5.87. The van der Waals surface area contributed by atoms with Gasteiger partial charge >= 0.3 is 0 Å². The first-order chi connectivity index (χ1) is 19.4. The lowest BCUT2D eigenvalue weighted by atomic mass is 10.0. The van der Waals surface area contributed by atoms with Crippen LogP contribution in [0.1, 0.15) is 39.9 Å². The number of piperidine rings is 1. The molecule has 1 amide bonds. The van der Waals surface area contributed by atoms with Crippen molar-refractivity contribution in [3.8, 4) is 0 Å². The molecule has 210 valence electrons. The molecule has 7 nitrogen and oxygen atoms in total. The Morgan fingerprint density at radius 3 is 2.33 bits per heavy atom. The maximum atomic E-state index is 12.7. The smallest absolute Gasteiger partial charge is 0.253 e. The van der Waals surface area contributed by atoms with Crippen molar-refractivity contribution in [1.29, 1.82) is 5.41 Å². The molecule has 2 fully saturated rings. The fourth-order valence-electron chi connectivity index (χ4n) is 5.44. The number of nitrogens with zero attached hydrogens (tertiary/aromatic N) is 4. The third-order valence-electron chi connectivity index (χ3n) is 7.76. The lowest BCUT2D eigenvalue weighted by Crippen LogP contribution is -2.53. The second-order valence-corrected chi connectivity index (χ2v) is 12.0. The number of nitrogens with one attached hydrogen (secondary N) is 2. The van der Waals surface area contributed by atoms with Crippen molar-refractivity contribution in [3.63, 3.8) is 0 Å². The third-order valence-corrected chi connectivity index (χ3v) is 9.08. The van der Waals surface area contributed by atoms with Crippen LogP contribution in [-0.4, -0.2) is 72.2 Å². The molecule has 40 heavy (non-hydrogen) atoms. The summed E-state index contributed by atoms with van der Waals surface area (Å²) in [6, 6.07) is 16.1. The predicted molar refractivity (Wildman–Crippen MR) is 166 cm³/mol. The summed E-state index contributed by atoms with van der Waals surface area (Å²) in [6.45, 7) is 7.39. The molecular formula is C30H33BrCl2N6O. The topological polar surface area (TPSA) is 75.6 Å². The fraction of sp³-hybridized carbons (Fsp3) is 0.367. The van der Waals surface area contributed by atoms with Gasteiger partial charge in [-0.2, -0.15) is 0 Å². The van der Waals surface area contributed by atoms with Crippen molar-refractivity contribution in [2.24, 2.45) is 0 Å². The number of halogens is 3. The van der Waals surface area contributed by atoms with E-state index < -0.39 is 0 Å². The number of carbonyl (C=O) groups is 1. The summed E-state index contributed by atoms with van der Waals surface area (Å²) in [6.07, 6.45) is 5.41. The summed E-state index contributed by atoms with van der Waals surface area (Å²) in [4.78, 5) is 24.8. The quantitative estimate of drug-likeness (QED) is 0.301. The summed E-state index contributed by atoms with van der Waals surface area (Å²) >= 11 is 15.7. The number of rotatable bonds is 8. The van der Waals surface area contributed by atoms with Crippen LogP contribution in [0.5, 0.6) is 0 Å². The van der Waals surface area contributed by atoms with Crippen LogP contribution >= 0.6 is 39.1 Å². The second-order valence-electron chi connectivity index (χ2n) is 10.4. The largest absolute Gasteiger partial charge is 0.353 e. The van der Waals surface area contributed by atoms with E-state index in [1.165, 1.54) is 24.6 Å². The van der Waals surface area contributed by atoms with Gasteiger partial charge < -0.3 is 15.6 Å². The van der Waals surface area contributed by atoms with Gasteiger partial charge in [-0.15, -0.1) is 0 Å². The molecule has 2 N–H and O–H groups in total. The maximum absolute atomic E-state index is 12.7. The number of carbonyl (C=O) groups excluding carboxylic acids is 1. The lowest BCUT2D eigenvalue weighted by Gasteiger charge is -2.43. The molecule has 1 aromatic heterocycles. The van der Waals surface area contributed by atoms with Crippen LogP contribution in [0.4, 0.5) is 5.82 Å². The van der Waals surface area contributed by atoms with Crippen molar-refractivity contribution in [2.75, 3.05) is 44.2 Å². The molecule has 0 bridgehead atoms. The Bertz CT molecular complexity index is 1340. The second kappa shape index (κ2) is 13.4. The van der Waals surface area contributed by atoms with Crippen molar-refractivity contribution in [1.82, 2.24) is 20.1 Å². The van der Waals surface area contributed by atoms with Crippen LogP contribution in [0, 0.1) is 5.41 Å². The van der Waals surface area contributed by atoms with Crippen molar-refractivity contribution in [3.05, 3.63) is 91.5 Å². The van der Waals surface area contributed by atoms with Gasteiger partial charge in [0.1, 0.15) is 5.82 Å². The zero-order valence-corrected chi connectivity index (χ0v) is 25.4. The molecule has 5 rings (SSSR count). The monoisotopic (exact) mass is 642 g/mol. The highest BCUT2D eigenvalue weighted by molar-refractivity contribution is 9.10. The Hall–Kier alpha value is -2.49. The molecule has 3 aromatic rings. The van der Waals surface area contributed by atoms with E-state index in [9.17, 15) is 4.79 Å². The van der Waals surface area contributed by atoms with Gasteiger partial charge in [0.15, 0.2) is 0 Å².